The van der Waals surface area contributed by atoms with E-state index in [1.165, 1.54) is 16.9 Å². The maximum Gasteiger partial charge on any atom is 0.334 e. The lowest BCUT2D eigenvalue weighted by Crippen LogP contribution is -2.58. The van der Waals surface area contributed by atoms with Crippen molar-refractivity contribution in [3.8, 4) is 0 Å². The molecule has 12 atom stereocenters. The van der Waals surface area contributed by atoms with E-state index in [-0.39, 0.29) is 35.6 Å². The molecule has 12 unspecified atom stereocenters. The van der Waals surface area contributed by atoms with Gasteiger partial charge in [-0.05, 0) is 101 Å². The second kappa shape index (κ2) is 13.7. The molecule has 0 amide bonds. The molecule has 9 heteroatoms. The lowest BCUT2D eigenvalue weighted by molar-refractivity contribution is -0.375. The van der Waals surface area contributed by atoms with Gasteiger partial charge in [0.05, 0.1) is 24.4 Å². The van der Waals surface area contributed by atoms with Crippen molar-refractivity contribution < 1.29 is 39.1 Å². The maximum atomic E-state index is 12.5. The number of aliphatic imine (C=N–C) groups is 1. The van der Waals surface area contributed by atoms with Gasteiger partial charge < -0.3 is 34.3 Å². The van der Waals surface area contributed by atoms with Crippen LogP contribution < -0.4 is 0 Å². The zero-order chi connectivity index (χ0) is 35.6. The van der Waals surface area contributed by atoms with Crippen LogP contribution in [0.25, 0.3) is 0 Å². The van der Waals surface area contributed by atoms with Crippen LogP contribution in [-0.2, 0) is 23.7 Å². The van der Waals surface area contributed by atoms with Crippen LogP contribution in [0.2, 0.25) is 0 Å². The predicted octanol–water partition coefficient (Wildman–Crippen LogP) is 6.41. The summed E-state index contributed by atoms with van der Waals surface area (Å²) in [6.07, 6.45) is 9.54. The van der Waals surface area contributed by atoms with Gasteiger partial charge in [0.1, 0.15) is 12.2 Å². The molecule has 7 aliphatic rings. The molecule has 7 rings (SSSR count). The molecular formula is C41H59NO8. The van der Waals surface area contributed by atoms with Gasteiger partial charge in [0.25, 0.3) is 0 Å². The molecule has 50 heavy (non-hydrogen) atoms. The first kappa shape index (κ1) is 36.2. The van der Waals surface area contributed by atoms with Crippen molar-refractivity contribution in [3.05, 3.63) is 46.6 Å². The molecule has 3 fully saturated rings. The average molecular weight is 694 g/mol. The van der Waals surface area contributed by atoms with Crippen LogP contribution in [0.5, 0.6) is 0 Å². The first-order valence-corrected chi connectivity index (χ1v) is 19.3. The van der Waals surface area contributed by atoms with Crippen LogP contribution in [-0.4, -0.2) is 81.7 Å². The summed E-state index contributed by atoms with van der Waals surface area (Å²) in [5.41, 5.74) is 6.06. The molecule has 0 radical (unpaired) electrons. The zero-order valence-corrected chi connectivity index (χ0v) is 30.8. The number of aliphatic hydroxyl groups excluding tert-OH is 3. The van der Waals surface area contributed by atoms with E-state index in [0.29, 0.717) is 55.9 Å². The van der Waals surface area contributed by atoms with Crippen molar-refractivity contribution in [2.45, 2.75) is 166 Å². The Labute approximate surface area is 297 Å². The number of carbonyl (C=O) groups is 1. The topological polar surface area (TPSA) is 127 Å². The third-order valence-corrected chi connectivity index (χ3v) is 13.5. The molecule has 276 valence electrons. The van der Waals surface area contributed by atoms with E-state index in [4.69, 9.17) is 23.9 Å². The molecule has 3 saturated heterocycles. The second-order valence-electron chi connectivity index (χ2n) is 17.0. The lowest BCUT2D eigenvalue weighted by atomic mass is 9.56. The normalized spacial score (nSPS) is 46.0. The van der Waals surface area contributed by atoms with E-state index in [2.05, 4.69) is 33.4 Å². The van der Waals surface area contributed by atoms with E-state index >= 15 is 0 Å². The Morgan fingerprint density at radius 3 is 2.48 bits per heavy atom. The molecule has 4 bridgehead atoms. The van der Waals surface area contributed by atoms with Crippen molar-refractivity contribution in [2.24, 2.45) is 28.2 Å². The summed E-state index contributed by atoms with van der Waals surface area (Å²) >= 11 is 0. The Hall–Kier alpha value is -2.14. The molecule has 3 spiro atoms. The summed E-state index contributed by atoms with van der Waals surface area (Å²) in [4.78, 5) is 17.9. The Morgan fingerprint density at radius 1 is 0.920 bits per heavy atom. The lowest BCUT2D eigenvalue weighted by Gasteiger charge is -2.47. The van der Waals surface area contributed by atoms with Crippen LogP contribution in [0.4, 0.5) is 0 Å². The fourth-order valence-electron chi connectivity index (χ4n) is 10.3. The molecule has 0 aromatic rings. The van der Waals surface area contributed by atoms with Crippen molar-refractivity contribution >= 4 is 11.7 Å². The summed E-state index contributed by atoms with van der Waals surface area (Å²) in [6.45, 7) is 16.0. The largest absolute Gasteiger partial charge is 0.450 e. The van der Waals surface area contributed by atoms with Crippen LogP contribution in [0.15, 0.2) is 51.6 Å². The summed E-state index contributed by atoms with van der Waals surface area (Å²) in [5, 5.41) is 33.9. The minimum atomic E-state index is -1.32. The van der Waals surface area contributed by atoms with E-state index in [1.807, 2.05) is 19.9 Å². The second-order valence-corrected chi connectivity index (χ2v) is 17.0. The average Bonchev–Trinajstić information content (AvgIpc) is 3.71. The van der Waals surface area contributed by atoms with Gasteiger partial charge in [0.15, 0.2) is 5.79 Å². The molecule has 1 aliphatic carbocycles. The van der Waals surface area contributed by atoms with Gasteiger partial charge in [-0.15, -0.1) is 0 Å². The van der Waals surface area contributed by atoms with Crippen molar-refractivity contribution in [3.63, 3.8) is 0 Å². The summed E-state index contributed by atoms with van der Waals surface area (Å²) in [5.74, 6) is -1.56. The number of fused-ring (bicyclic) bond motifs is 2. The van der Waals surface area contributed by atoms with Crippen molar-refractivity contribution in [1.29, 1.82) is 0 Å². The van der Waals surface area contributed by atoms with Crippen molar-refractivity contribution in [1.82, 2.24) is 0 Å². The predicted molar refractivity (Wildman–Crippen MR) is 190 cm³/mol. The summed E-state index contributed by atoms with van der Waals surface area (Å²) in [7, 11) is 0. The SMILES string of the molecule is C=C1CCCC2=NCC(C)C(C)CC23CCC(C2C=C(C)C(=O)O2)=C(C)C3C=C(C)C(O)CC2CCC3(CCC4(OC(C1)CC(O)C4O)O3)O2. The summed E-state index contributed by atoms with van der Waals surface area (Å²) < 4.78 is 25.6. The molecule has 0 saturated carbocycles. The Bertz CT molecular complexity index is 1500. The van der Waals surface area contributed by atoms with Crippen LogP contribution in [0, 0.1) is 23.2 Å². The fourth-order valence-corrected chi connectivity index (χ4v) is 10.3. The number of allylic oxidation sites excluding steroid dienone is 2. The first-order chi connectivity index (χ1) is 23.7. The standard InChI is InChI=1S/C41H59NO8/c1-23-8-7-9-36-39(21-26(4)27(5)22-42-36)12-11-31(35-18-25(3)38(46)47-35)28(6)32(39)17-24(2)33(43)19-29-10-13-40(48-29)14-15-41(50-40)37(45)34(44)20-30(16-23)49-41/h17-18,26-27,29-30,32-35,37,43-45H,1,7-16,19-22H2,2-6H3. The number of hydrogen-bond donors (Lipinski definition) is 3. The van der Waals surface area contributed by atoms with Gasteiger partial charge >= 0.3 is 5.97 Å². The van der Waals surface area contributed by atoms with Gasteiger partial charge in [-0.2, -0.15) is 0 Å². The van der Waals surface area contributed by atoms with Crippen LogP contribution in [0.3, 0.4) is 0 Å². The smallest absolute Gasteiger partial charge is 0.334 e. The number of rotatable bonds is 1. The van der Waals surface area contributed by atoms with Crippen molar-refractivity contribution in [2.75, 3.05) is 6.54 Å². The highest BCUT2D eigenvalue weighted by molar-refractivity contribution is 5.92. The molecule has 6 heterocycles. The number of nitrogens with zero attached hydrogens (tertiary/aromatic N) is 1. The monoisotopic (exact) mass is 693 g/mol. The van der Waals surface area contributed by atoms with Gasteiger partial charge in [0, 0.05) is 61.3 Å². The summed E-state index contributed by atoms with van der Waals surface area (Å²) in [6, 6.07) is 0. The van der Waals surface area contributed by atoms with Gasteiger partial charge in [-0.3, -0.25) is 4.99 Å². The fraction of sp³-hybridized carbons (Fsp3) is 0.756. The third kappa shape index (κ3) is 6.53. The van der Waals surface area contributed by atoms with Crippen LogP contribution in [0.1, 0.15) is 118 Å². The quantitative estimate of drug-likeness (QED) is 0.213. The third-order valence-electron chi connectivity index (χ3n) is 13.5. The van der Waals surface area contributed by atoms with E-state index in [0.717, 1.165) is 62.6 Å². The number of aliphatic hydroxyl groups is 3. The first-order valence-electron chi connectivity index (χ1n) is 19.3. The van der Waals surface area contributed by atoms with E-state index in [9.17, 15) is 20.1 Å². The van der Waals surface area contributed by atoms with E-state index < -0.39 is 29.9 Å². The van der Waals surface area contributed by atoms with E-state index in [1.54, 1.807) is 0 Å². The van der Waals surface area contributed by atoms with Gasteiger partial charge in [-0.1, -0.05) is 37.6 Å². The highest BCUT2D eigenvalue weighted by atomic mass is 16.8. The molecule has 0 aromatic heterocycles. The zero-order valence-electron chi connectivity index (χ0n) is 30.8. The number of esters is 1. The van der Waals surface area contributed by atoms with Gasteiger partial charge in [-0.25, -0.2) is 4.79 Å². The molecule has 9 nitrogen and oxygen atoms in total. The Kier molecular flexibility index (Phi) is 9.92. The molecule has 0 aromatic carbocycles. The highest BCUT2D eigenvalue weighted by Crippen LogP contribution is 2.55. The Morgan fingerprint density at radius 2 is 1.72 bits per heavy atom. The van der Waals surface area contributed by atoms with Gasteiger partial charge in [0.2, 0.25) is 5.79 Å². The number of carbonyl (C=O) groups excluding carboxylic acids is 1. The van der Waals surface area contributed by atoms with Crippen LogP contribution >= 0.6 is 0 Å². The molecule has 6 aliphatic heterocycles. The number of cyclic esters (lactones) is 1. The Balaban J connectivity index is 1.26. The number of ether oxygens (including phenoxy) is 4. The maximum absolute atomic E-state index is 12.5. The minimum absolute atomic E-state index is 0.00447. The highest BCUT2D eigenvalue weighted by Gasteiger charge is 2.61. The minimum Gasteiger partial charge on any atom is -0.450 e. The number of hydrogen-bond acceptors (Lipinski definition) is 9. The molecular weight excluding hydrogens is 634 g/mol. The molecule has 3 N–H and O–H groups in total.